The van der Waals surface area contributed by atoms with Crippen molar-refractivity contribution in [2.24, 2.45) is 5.92 Å². The third-order valence-electron chi connectivity index (χ3n) is 2.84. The second kappa shape index (κ2) is 6.93. The largest absolute Gasteiger partial charge is 0.480 e. The Morgan fingerprint density at radius 1 is 1.35 bits per heavy atom. The number of carboxylic acid groups (broad SMARTS) is 1. The number of nitrogens with zero attached hydrogens (tertiary/aromatic N) is 2. The standard InChI is InChI=1S/C13H22N4O3/c1-8(2)11(12(18)19)15-13(20)14-7-10-5-6-17(16-10)9(3)4/h5-6,8-9,11H,7H2,1-4H3,(H,18,19)(H2,14,15,20). The fourth-order valence-electron chi connectivity index (χ4n) is 1.64. The number of aliphatic carboxylic acids is 1. The molecule has 2 amide bonds. The van der Waals surface area contributed by atoms with Crippen LogP contribution in [0.1, 0.15) is 39.4 Å². The molecule has 1 aromatic heterocycles. The van der Waals surface area contributed by atoms with Gasteiger partial charge in [0, 0.05) is 12.2 Å². The predicted octanol–water partition coefficient (Wildman–Crippen LogP) is 1.37. The highest BCUT2D eigenvalue weighted by Gasteiger charge is 2.23. The molecule has 1 atom stereocenters. The molecule has 1 aromatic rings. The van der Waals surface area contributed by atoms with Gasteiger partial charge in [0.25, 0.3) is 0 Å². The molecular weight excluding hydrogens is 260 g/mol. The summed E-state index contributed by atoms with van der Waals surface area (Å²) in [5.74, 6) is -1.22. The van der Waals surface area contributed by atoms with Crippen molar-refractivity contribution in [3.8, 4) is 0 Å². The van der Waals surface area contributed by atoms with E-state index in [9.17, 15) is 9.59 Å². The third-order valence-corrected chi connectivity index (χ3v) is 2.84. The highest BCUT2D eigenvalue weighted by molar-refractivity contribution is 5.82. The van der Waals surface area contributed by atoms with Crippen LogP contribution < -0.4 is 10.6 Å². The number of hydrogen-bond donors (Lipinski definition) is 3. The normalized spacial score (nSPS) is 12.5. The molecule has 1 unspecified atom stereocenters. The van der Waals surface area contributed by atoms with Crippen molar-refractivity contribution >= 4 is 12.0 Å². The molecule has 3 N–H and O–H groups in total. The SMILES string of the molecule is CC(C)C(NC(=O)NCc1ccn(C(C)C)n1)C(=O)O. The van der Waals surface area contributed by atoms with Crippen LogP contribution in [0.2, 0.25) is 0 Å². The van der Waals surface area contributed by atoms with Crippen molar-refractivity contribution in [2.45, 2.75) is 46.3 Å². The first kappa shape index (κ1) is 16.0. The van der Waals surface area contributed by atoms with Crippen molar-refractivity contribution in [3.63, 3.8) is 0 Å². The van der Waals surface area contributed by atoms with Crippen LogP contribution in [0.3, 0.4) is 0 Å². The average Bonchev–Trinajstić information content (AvgIpc) is 2.81. The maximum Gasteiger partial charge on any atom is 0.326 e. The van der Waals surface area contributed by atoms with Crippen molar-refractivity contribution in [1.82, 2.24) is 20.4 Å². The van der Waals surface area contributed by atoms with Crippen LogP contribution in [-0.4, -0.2) is 32.9 Å². The van der Waals surface area contributed by atoms with Gasteiger partial charge < -0.3 is 15.7 Å². The Morgan fingerprint density at radius 3 is 2.45 bits per heavy atom. The monoisotopic (exact) mass is 282 g/mol. The van der Waals surface area contributed by atoms with E-state index < -0.39 is 18.0 Å². The Labute approximate surface area is 118 Å². The number of amides is 2. The molecule has 0 aliphatic carbocycles. The van der Waals surface area contributed by atoms with E-state index >= 15 is 0 Å². The maximum atomic E-state index is 11.7. The molecule has 0 aliphatic rings. The zero-order chi connectivity index (χ0) is 15.3. The van der Waals surface area contributed by atoms with Gasteiger partial charge >= 0.3 is 12.0 Å². The maximum absolute atomic E-state index is 11.7. The summed E-state index contributed by atoms with van der Waals surface area (Å²) in [7, 11) is 0. The Morgan fingerprint density at radius 2 is 2.00 bits per heavy atom. The van der Waals surface area contributed by atoms with Gasteiger partial charge in [0.1, 0.15) is 6.04 Å². The molecule has 1 heterocycles. The molecule has 0 fully saturated rings. The lowest BCUT2D eigenvalue weighted by Gasteiger charge is -2.17. The first-order chi connectivity index (χ1) is 9.31. The van der Waals surface area contributed by atoms with Crippen molar-refractivity contribution in [2.75, 3.05) is 0 Å². The van der Waals surface area contributed by atoms with E-state index in [0.29, 0.717) is 0 Å². The zero-order valence-electron chi connectivity index (χ0n) is 12.3. The van der Waals surface area contributed by atoms with Crippen LogP contribution in [-0.2, 0) is 11.3 Å². The van der Waals surface area contributed by atoms with Crippen molar-refractivity contribution in [3.05, 3.63) is 18.0 Å². The summed E-state index contributed by atoms with van der Waals surface area (Å²) in [6.07, 6.45) is 1.84. The minimum atomic E-state index is -1.04. The number of aromatic nitrogens is 2. The Kier molecular flexibility index (Phi) is 5.54. The second-order valence-corrected chi connectivity index (χ2v) is 5.27. The molecule has 0 aliphatic heterocycles. The summed E-state index contributed by atoms with van der Waals surface area (Å²) in [6.45, 7) is 7.76. The van der Waals surface area contributed by atoms with Gasteiger partial charge in [-0.3, -0.25) is 4.68 Å². The summed E-state index contributed by atoms with van der Waals surface area (Å²) in [5.41, 5.74) is 0.727. The number of carbonyl (C=O) groups is 2. The Hall–Kier alpha value is -2.05. The second-order valence-electron chi connectivity index (χ2n) is 5.27. The van der Waals surface area contributed by atoms with Gasteiger partial charge in [0.2, 0.25) is 0 Å². The van der Waals surface area contributed by atoms with Gasteiger partial charge in [0.05, 0.1) is 12.2 Å². The van der Waals surface area contributed by atoms with Gasteiger partial charge in [-0.1, -0.05) is 13.8 Å². The minimum absolute atomic E-state index is 0.182. The predicted molar refractivity (Wildman–Crippen MR) is 74.2 cm³/mol. The molecule has 112 valence electrons. The van der Waals surface area contributed by atoms with Crippen molar-refractivity contribution < 1.29 is 14.7 Å². The molecule has 0 saturated heterocycles. The summed E-state index contributed by atoms with van der Waals surface area (Å²) >= 11 is 0. The quantitative estimate of drug-likeness (QED) is 0.734. The molecule has 20 heavy (non-hydrogen) atoms. The molecule has 0 bridgehead atoms. The number of carboxylic acids is 1. The Bertz CT molecular complexity index is 468. The average molecular weight is 282 g/mol. The lowest BCUT2D eigenvalue weighted by molar-refractivity contribution is -0.140. The minimum Gasteiger partial charge on any atom is -0.480 e. The molecule has 0 spiro atoms. The van der Waals surface area contributed by atoms with Crippen LogP contribution in [0.25, 0.3) is 0 Å². The molecule has 7 nitrogen and oxygen atoms in total. The number of nitrogens with one attached hydrogen (secondary N) is 2. The smallest absolute Gasteiger partial charge is 0.326 e. The zero-order valence-corrected chi connectivity index (χ0v) is 12.3. The Balaban J connectivity index is 2.48. The van der Waals surface area contributed by atoms with Crippen LogP contribution in [0, 0.1) is 5.92 Å². The molecule has 7 heteroatoms. The fraction of sp³-hybridized carbons (Fsp3) is 0.615. The number of rotatable bonds is 6. The number of urea groups is 1. The van der Waals surface area contributed by atoms with Crippen LogP contribution >= 0.6 is 0 Å². The molecule has 0 saturated carbocycles. The molecule has 1 rings (SSSR count). The van der Waals surface area contributed by atoms with Gasteiger partial charge in [-0.2, -0.15) is 5.10 Å². The van der Waals surface area contributed by atoms with Gasteiger partial charge in [-0.05, 0) is 25.8 Å². The summed E-state index contributed by atoms with van der Waals surface area (Å²) in [4.78, 5) is 22.6. The van der Waals surface area contributed by atoms with Gasteiger partial charge in [0.15, 0.2) is 0 Å². The molecular formula is C13H22N4O3. The first-order valence-corrected chi connectivity index (χ1v) is 6.62. The summed E-state index contributed by atoms with van der Waals surface area (Å²) < 4.78 is 1.79. The van der Waals surface area contributed by atoms with E-state index in [-0.39, 0.29) is 18.5 Å². The lowest BCUT2D eigenvalue weighted by atomic mass is 10.1. The van der Waals surface area contributed by atoms with E-state index in [2.05, 4.69) is 15.7 Å². The molecule has 0 radical (unpaired) electrons. The number of carbonyl (C=O) groups excluding carboxylic acids is 1. The van der Waals surface area contributed by atoms with Crippen molar-refractivity contribution in [1.29, 1.82) is 0 Å². The topological polar surface area (TPSA) is 96.3 Å². The lowest BCUT2D eigenvalue weighted by Crippen LogP contribution is -2.48. The van der Waals surface area contributed by atoms with E-state index in [1.807, 2.05) is 26.1 Å². The van der Waals surface area contributed by atoms with Crippen LogP contribution in [0.4, 0.5) is 4.79 Å². The van der Waals surface area contributed by atoms with E-state index in [1.54, 1.807) is 18.5 Å². The van der Waals surface area contributed by atoms with E-state index in [0.717, 1.165) is 5.69 Å². The summed E-state index contributed by atoms with van der Waals surface area (Å²) in [6, 6.07) is 0.667. The highest BCUT2D eigenvalue weighted by atomic mass is 16.4. The molecule has 0 aromatic carbocycles. The van der Waals surface area contributed by atoms with Gasteiger partial charge in [-0.25, -0.2) is 9.59 Å². The van der Waals surface area contributed by atoms with E-state index in [1.165, 1.54) is 0 Å². The third kappa shape index (κ3) is 4.56. The fourth-order valence-corrected chi connectivity index (χ4v) is 1.64. The summed E-state index contributed by atoms with van der Waals surface area (Å²) in [5, 5.41) is 18.3. The first-order valence-electron chi connectivity index (χ1n) is 6.62. The number of hydrogen-bond acceptors (Lipinski definition) is 3. The van der Waals surface area contributed by atoms with Crippen LogP contribution in [0.15, 0.2) is 12.3 Å². The highest BCUT2D eigenvalue weighted by Crippen LogP contribution is 2.04. The van der Waals surface area contributed by atoms with E-state index in [4.69, 9.17) is 5.11 Å². The van der Waals surface area contributed by atoms with Crippen LogP contribution in [0.5, 0.6) is 0 Å². The van der Waals surface area contributed by atoms with Gasteiger partial charge in [-0.15, -0.1) is 0 Å².